The molecular formula is C26H29ClFN7O4S. The first-order valence-corrected chi connectivity index (χ1v) is 14.7. The van der Waals surface area contributed by atoms with Crippen LogP contribution in [-0.2, 0) is 14.9 Å². The predicted molar refractivity (Wildman–Crippen MR) is 151 cm³/mol. The van der Waals surface area contributed by atoms with Crippen molar-refractivity contribution in [1.82, 2.24) is 19.2 Å². The molecule has 0 saturated carbocycles. The van der Waals surface area contributed by atoms with Crippen LogP contribution in [0.3, 0.4) is 0 Å². The zero-order valence-electron chi connectivity index (χ0n) is 22.0. The molecule has 1 spiro atoms. The summed E-state index contributed by atoms with van der Waals surface area (Å²) >= 11 is 6.69. The number of fused-ring (bicyclic) bond motifs is 1. The number of nitrogens with one attached hydrogen (secondary N) is 3. The van der Waals surface area contributed by atoms with Gasteiger partial charge in [-0.1, -0.05) is 18.5 Å². The van der Waals surface area contributed by atoms with E-state index in [1.165, 1.54) is 30.1 Å². The summed E-state index contributed by atoms with van der Waals surface area (Å²) in [4.78, 5) is 18.1. The van der Waals surface area contributed by atoms with Crippen molar-refractivity contribution in [3.63, 3.8) is 0 Å². The van der Waals surface area contributed by atoms with Crippen molar-refractivity contribution < 1.29 is 17.5 Å². The van der Waals surface area contributed by atoms with Gasteiger partial charge in [-0.2, -0.15) is 18.0 Å². The van der Waals surface area contributed by atoms with Gasteiger partial charge in [0.2, 0.25) is 0 Å². The summed E-state index contributed by atoms with van der Waals surface area (Å²) in [5, 5.41) is 16.1. The van der Waals surface area contributed by atoms with E-state index in [1.54, 1.807) is 13.0 Å². The van der Waals surface area contributed by atoms with Crippen LogP contribution in [0.1, 0.15) is 37.8 Å². The minimum Gasteiger partial charge on any atom is -0.373 e. The fourth-order valence-corrected chi connectivity index (χ4v) is 6.42. The molecule has 212 valence electrons. The third-order valence-electron chi connectivity index (χ3n) is 7.61. The first-order chi connectivity index (χ1) is 19.1. The summed E-state index contributed by atoms with van der Waals surface area (Å²) in [6.07, 6.45) is 3.91. The minimum absolute atomic E-state index is 0.000153. The number of hydrogen-bond acceptors (Lipinski definition) is 8. The van der Waals surface area contributed by atoms with Crippen LogP contribution >= 0.6 is 11.6 Å². The number of piperidine rings is 1. The Labute approximate surface area is 236 Å². The van der Waals surface area contributed by atoms with E-state index < -0.39 is 16.0 Å². The van der Waals surface area contributed by atoms with Crippen molar-refractivity contribution in [2.75, 3.05) is 43.3 Å². The molecule has 14 heteroatoms. The Balaban J connectivity index is 1.51. The van der Waals surface area contributed by atoms with E-state index in [2.05, 4.69) is 20.3 Å². The molecule has 2 aliphatic heterocycles. The number of rotatable bonds is 7. The number of halogens is 2. The van der Waals surface area contributed by atoms with E-state index >= 15 is 0 Å². The van der Waals surface area contributed by atoms with Gasteiger partial charge >= 0.3 is 10.2 Å². The standard InChI is InChI=1S/C26H29ClFN7O4S/c1-3-34(2)40(37,38)33-19-5-4-18(28)24(17(19)13-29)32-21-7-6-20-22(23(21)27)25(36)35(15-31-20)16-12-26(39-14-16)8-10-30-11-9-26/h4-7,15-16,30,32-33H,3,8-12,14H2,1-2H3/t16-/m1/s1. The summed E-state index contributed by atoms with van der Waals surface area (Å²) in [6, 6.07) is 6.95. The zero-order valence-corrected chi connectivity index (χ0v) is 23.6. The highest BCUT2D eigenvalue weighted by Crippen LogP contribution is 2.39. The summed E-state index contributed by atoms with van der Waals surface area (Å²) in [5.41, 5.74) is -0.778. The molecule has 0 radical (unpaired) electrons. The summed E-state index contributed by atoms with van der Waals surface area (Å²) in [6.45, 7) is 3.94. The normalized spacial score (nSPS) is 18.8. The van der Waals surface area contributed by atoms with E-state index in [0.717, 1.165) is 36.3 Å². The molecule has 0 bridgehead atoms. The average Bonchev–Trinajstić information content (AvgIpc) is 3.34. The molecule has 2 saturated heterocycles. The maximum atomic E-state index is 15.0. The van der Waals surface area contributed by atoms with E-state index in [0.29, 0.717) is 18.5 Å². The van der Waals surface area contributed by atoms with Crippen molar-refractivity contribution in [2.24, 2.45) is 0 Å². The Morgan fingerprint density at radius 1 is 1.30 bits per heavy atom. The van der Waals surface area contributed by atoms with Crippen molar-refractivity contribution in [3.05, 3.63) is 57.3 Å². The second-order valence-electron chi connectivity index (χ2n) is 9.98. The molecule has 3 N–H and O–H groups in total. The first kappa shape index (κ1) is 28.3. The Kier molecular flexibility index (Phi) is 7.73. The van der Waals surface area contributed by atoms with Gasteiger partial charge in [-0.05, 0) is 56.6 Å². The van der Waals surface area contributed by atoms with E-state index in [9.17, 15) is 22.9 Å². The lowest BCUT2D eigenvalue weighted by atomic mass is 9.88. The largest absolute Gasteiger partial charge is 0.373 e. The van der Waals surface area contributed by atoms with Crippen LogP contribution in [0.15, 0.2) is 35.4 Å². The van der Waals surface area contributed by atoms with Gasteiger partial charge in [0.05, 0.1) is 57.6 Å². The molecule has 2 fully saturated rings. The molecule has 11 nitrogen and oxygen atoms in total. The van der Waals surface area contributed by atoms with Crippen LogP contribution in [0, 0.1) is 17.1 Å². The van der Waals surface area contributed by atoms with Crippen LogP contribution in [0.5, 0.6) is 0 Å². The van der Waals surface area contributed by atoms with Gasteiger partial charge in [-0.25, -0.2) is 9.37 Å². The highest BCUT2D eigenvalue weighted by atomic mass is 35.5. The van der Waals surface area contributed by atoms with Gasteiger partial charge in [-0.15, -0.1) is 0 Å². The third kappa shape index (κ3) is 5.13. The maximum absolute atomic E-state index is 15.0. The molecule has 1 atom stereocenters. The first-order valence-electron chi connectivity index (χ1n) is 12.9. The van der Waals surface area contributed by atoms with E-state index in [4.69, 9.17) is 16.3 Å². The Hall–Kier alpha value is -3.28. The summed E-state index contributed by atoms with van der Waals surface area (Å²) in [5.74, 6) is -0.807. The summed E-state index contributed by atoms with van der Waals surface area (Å²) < 4.78 is 51.1. The molecule has 0 unspecified atom stereocenters. The maximum Gasteiger partial charge on any atom is 0.301 e. The molecule has 3 aromatic rings. The zero-order chi connectivity index (χ0) is 28.7. The second-order valence-corrected chi connectivity index (χ2v) is 12.1. The van der Waals surface area contributed by atoms with Crippen LogP contribution < -0.4 is 20.9 Å². The smallest absolute Gasteiger partial charge is 0.301 e. The lowest BCUT2D eigenvalue weighted by Gasteiger charge is -2.32. The SMILES string of the molecule is CCN(C)S(=O)(=O)Nc1ccc(F)c(Nc2ccc3ncn([C@H]4COC5(CCNCC5)C4)c(=O)c3c2Cl)c1C#N. The fraction of sp³-hybridized carbons (Fsp3) is 0.423. The number of benzene rings is 2. The molecule has 0 amide bonds. The molecule has 2 aliphatic rings. The monoisotopic (exact) mass is 589 g/mol. The van der Waals surface area contributed by atoms with Crippen LogP contribution in [-0.4, -0.2) is 61.2 Å². The number of nitrogens with zero attached hydrogens (tertiary/aromatic N) is 4. The lowest BCUT2D eigenvalue weighted by Crippen LogP contribution is -2.41. The van der Waals surface area contributed by atoms with Crippen molar-refractivity contribution in [1.29, 1.82) is 5.26 Å². The van der Waals surface area contributed by atoms with Crippen molar-refractivity contribution in [3.8, 4) is 6.07 Å². The van der Waals surface area contributed by atoms with Gasteiger partial charge in [0.25, 0.3) is 5.56 Å². The molecule has 5 rings (SSSR count). The topological polar surface area (TPSA) is 141 Å². The Morgan fingerprint density at radius 2 is 2.02 bits per heavy atom. The molecule has 3 heterocycles. The molecule has 0 aliphatic carbocycles. The second kappa shape index (κ2) is 10.9. The highest BCUT2D eigenvalue weighted by Gasteiger charge is 2.42. The number of hydrogen-bond donors (Lipinski definition) is 3. The lowest BCUT2D eigenvalue weighted by molar-refractivity contribution is -0.0196. The number of nitriles is 1. The summed E-state index contributed by atoms with van der Waals surface area (Å²) in [7, 11) is -2.60. The number of ether oxygens (including phenoxy) is 1. The van der Waals surface area contributed by atoms with Crippen molar-refractivity contribution >= 4 is 49.8 Å². The number of aromatic nitrogens is 2. The number of anilines is 3. The van der Waals surface area contributed by atoms with Gasteiger partial charge in [0, 0.05) is 13.6 Å². The molecular weight excluding hydrogens is 561 g/mol. The quantitative estimate of drug-likeness (QED) is 0.380. The van der Waals surface area contributed by atoms with Gasteiger partial charge in [0.15, 0.2) is 0 Å². The van der Waals surface area contributed by atoms with Crippen LogP contribution in [0.25, 0.3) is 10.9 Å². The van der Waals surface area contributed by atoms with Crippen LogP contribution in [0.4, 0.5) is 21.5 Å². The van der Waals surface area contributed by atoms with Gasteiger partial charge in [0.1, 0.15) is 17.4 Å². The Morgan fingerprint density at radius 3 is 2.73 bits per heavy atom. The fourth-order valence-electron chi connectivity index (χ4n) is 5.19. The minimum atomic E-state index is -3.97. The highest BCUT2D eigenvalue weighted by molar-refractivity contribution is 7.90. The van der Waals surface area contributed by atoms with E-state index in [1.807, 2.05) is 6.07 Å². The predicted octanol–water partition coefficient (Wildman–Crippen LogP) is 3.50. The Bertz CT molecular complexity index is 1670. The average molecular weight is 590 g/mol. The van der Waals surface area contributed by atoms with Crippen LogP contribution in [0.2, 0.25) is 5.02 Å². The van der Waals surface area contributed by atoms with Crippen molar-refractivity contribution in [2.45, 2.75) is 37.8 Å². The molecule has 1 aromatic heterocycles. The van der Waals surface area contributed by atoms with Gasteiger partial charge in [-0.3, -0.25) is 14.1 Å². The van der Waals surface area contributed by atoms with Gasteiger partial charge < -0.3 is 15.4 Å². The molecule has 2 aromatic carbocycles. The third-order valence-corrected chi connectivity index (χ3v) is 9.56. The molecule has 40 heavy (non-hydrogen) atoms. The van der Waals surface area contributed by atoms with E-state index in [-0.39, 0.29) is 56.8 Å².